The Hall–Kier alpha value is -2.94. The van der Waals surface area contributed by atoms with E-state index in [9.17, 15) is 18.8 Å². The van der Waals surface area contributed by atoms with Gasteiger partial charge in [-0.25, -0.2) is 14.0 Å². The van der Waals surface area contributed by atoms with Crippen molar-refractivity contribution in [2.75, 3.05) is 25.6 Å². The third-order valence-corrected chi connectivity index (χ3v) is 5.64. The normalized spacial score (nSPS) is 12.9. The van der Waals surface area contributed by atoms with Crippen LogP contribution in [-0.2, 0) is 33.7 Å². The van der Waals surface area contributed by atoms with Crippen LogP contribution in [0.5, 0.6) is 0 Å². The standard InChI is InChI=1S/C20H21FN2O5S/c1-3-28-20(26)23-9-8-14-15(11-23)29-18(17(14)19(25)27-2)22-16(24)10-12-4-6-13(21)7-5-12/h4-7H,3,8-11H2,1-2H3,(H,22,24). The number of thiophene rings is 1. The van der Waals surface area contributed by atoms with Gasteiger partial charge < -0.3 is 19.7 Å². The first-order chi connectivity index (χ1) is 13.9. The van der Waals surface area contributed by atoms with E-state index in [4.69, 9.17) is 9.47 Å². The lowest BCUT2D eigenvalue weighted by Crippen LogP contribution is -2.36. The number of anilines is 1. The average Bonchev–Trinajstić information content (AvgIpc) is 3.06. The van der Waals surface area contributed by atoms with Gasteiger partial charge in [0.2, 0.25) is 5.91 Å². The number of carbonyl (C=O) groups is 3. The van der Waals surface area contributed by atoms with E-state index in [-0.39, 0.29) is 24.8 Å². The van der Waals surface area contributed by atoms with Gasteiger partial charge in [-0.3, -0.25) is 4.79 Å². The summed E-state index contributed by atoms with van der Waals surface area (Å²) in [5, 5.41) is 3.15. The van der Waals surface area contributed by atoms with Crippen LogP contribution in [0.25, 0.3) is 0 Å². The van der Waals surface area contributed by atoms with Crippen LogP contribution in [0.15, 0.2) is 24.3 Å². The van der Waals surface area contributed by atoms with E-state index in [1.165, 1.54) is 42.7 Å². The van der Waals surface area contributed by atoms with Crippen molar-refractivity contribution in [3.63, 3.8) is 0 Å². The summed E-state index contributed by atoms with van der Waals surface area (Å²) < 4.78 is 23.0. The minimum absolute atomic E-state index is 0.0401. The van der Waals surface area contributed by atoms with Crippen molar-refractivity contribution < 1.29 is 28.2 Å². The van der Waals surface area contributed by atoms with E-state index >= 15 is 0 Å². The number of fused-ring (bicyclic) bond motifs is 1. The van der Waals surface area contributed by atoms with Gasteiger partial charge in [0.05, 0.1) is 32.2 Å². The number of methoxy groups -OCH3 is 1. The van der Waals surface area contributed by atoms with Gasteiger partial charge >= 0.3 is 12.1 Å². The summed E-state index contributed by atoms with van der Waals surface area (Å²) in [5.74, 6) is -1.24. The lowest BCUT2D eigenvalue weighted by atomic mass is 10.0. The van der Waals surface area contributed by atoms with Crippen LogP contribution in [0.1, 0.15) is 33.3 Å². The first-order valence-corrected chi connectivity index (χ1v) is 9.93. The molecular formula is C20H21FN2O5S. The third kappa shape index (κ3) is 4.73. The Bertz CT molecular complexity index is 926. The molecule has 1 aromatic carbocycles. The van der Waals surface area contributed by atoms with E-state index in [2.05, 4.69) is 5.32 Å². The van der Waals surface area contributed by atoms with Crippen molar-refractivity contribution in [3.05, 3.63) is 51.7 Å². The highest BCUT2D eigenvalue weighted by Crippen LogP contribution is 2.37. The predicted molar refractivity (Wildman–Crippen MR) is 106 cm³/mol. The van der Waals surface area contributed by atoms with Crippen LogP contribution in [0, 0.1) is 5.82 Å². The Balaban J connectivity index is 1.81. The van der Waals surface area contributed by atoms with Crippen LogP contribution >= 0.6 is 11.3 Å². The monoisotopic (exact) mass is 420 g/mol. The van der Waals surface area contributed by atoms with Gasteiger partial charge in [0.15, 0.2) is 0 Å². The van der Waals surface area contributed by atoms with Crippen molar-refractivity contribution in [2.45, 2.75) is 26.3 Å². The van der Waals surface area contributed by atoms with E-state index in [1.807, 2.05) is 0 Å². The second kappa shape index (κ2) is 9.04. The highest BCUT2D eigenvalue weighted by atomic mass is 32.1. The Morgan fingerprint density at radius 3 is 2.62 bits per heavy atom. The lowest BCUT2D eigenvalue weighted by Gasteiger charge is -2.26. The van der Waals surface area contributed by atoms with E-state index in [0.717, 1.165) is 10.4 Å². The van der Waals surface area contributed by atoms with Crippen LogP contribution in [-0.4, -0.2) is 43.1 Å². The van der Waals surface area contributed by atoms with Crippen LogP contribution < -0.4 is 5.32 Å². The summed E-state index contributed by atoms with van der Waals surface area (Å²) in [6.45, 7) is 2.74. The molecule has 0 saturated carbocycles. The van der Waals surface area contributed by atoms with Gasteiger partial charge in [-0.15, -0.1) is 11.3 Å². The van der Waals surface area contributed by atoms with E-state index in [0.29, 0.717) is 35.6 Å². The largest absolute Gasteiger partial charge is 0.465 e. The number of nitrogens with one attached hydrogen (secondary N) is 1. The molecule has 1 N–H and O–H groups in total. The Kier molecular flexibility index (Phi) is 6.48. The molecule has 1 aliphatic rings. The Labute approximate surface area is 171 Å². The number of rotatable bonds is 5. The summed E-state index contributed by atoms with van der Waals surface area (Å²) >= 11 is 1.24. The molecule has 0 spiro atoms. The molecule has 0 fully saturated rings. The molecule has 0 bridgehead atoms. The minimum atomic E-state index is -0.538. The number of benzene rings is 1. The molecule has 29 heavy (non-hydrogen) atoms. The molecule has 0 aliphatic carbocycles. The second-order valence-corrected chi connectivity index (χ2v) is 7.53. The fraction of sp³-hybridized carbons (Fsp3) is 0.350. The molecule has 0 atom stereocenters. The number of ether oxygens (including phenoxy) is 2. The minimum Gasteiger partial charge on any atom is -0.465 e. The topological polar surface area (TPSA) is 84.9 Å². The lowest BCUT2D eigenvalue weighted by molar-refractivity contribution is -0.115. The maximum atomic E-state index is 13.0. The number of halogens is 1. The molecule has 0 radical (unpaired) electrons. The zero-order chi connectivity index (χ0) is 21.0. The number of amides is 2. The van der Waals surface area contributed by atoms with Crippen molar-refractivity contribution in [2.24, 2.45) is 0 Å². The molecule has 7 nitrogen and oxygen atoms in total. The van der Waals surface area contributed by atoms with Gasteiger partial charge in [-0.1, -0.05) is 12.1 Å². The van der Waals surface area contributed by atoms with Crippen molar-refractivity contribution >= 4 is 34.3 Å². The molecule has 0 unspecified atom stereocenters. The summed E-state index contributed by atoms with van der Waals surface area (Å²) in [7, 11) is 1.28. The zero-order valence-electron chi connectivity index (χ0n) is 16.1. The molecule has 2 heterocycles. The highest BCUT2D eigenvalue weighted by Gasteiger charge is 2.31. The van der Waals surface area contributed by atoms with Gasteiger partial charge in [-0.05, 0) is 36.6 Å². The quantitative estimate of drug-likeness (QED) is 0.750. The van der Waals surface area contributed by atoms with Gasteiger partial charge in [0, 0.05) is 11.4 Å². The number of nitrogens with zero attached hydrogens (tertiary/aromatic N) is 1. The molecule has 2 amide bonds. The summed E-state index contributed by atoms with van der Waals surface area (Å²) in [5.41, 5.74) is 1.75. The predicted octanol–water partition coefficient (Wildman–Crippen LogP) is 3.37. The molecule has 9 heteroatoms. The van der Waals surface area contributed by atoms with Crippen molar-refractivity contribution in [3.8, 4) is 0 Å². The Morgan fingerprint density at radius 2 is 1.97 bits per heavy atom. The molecule has 1 aliphatic heterocycles. The molecule has 154 valence electrons. The molecule has 1 aromatic heterocycles. The fourth-order valence-electron chi connectivity index (χ4n) is 3.14. The summed E-state index contributed by atoms with van der Waals surface area (Å²) in [6.07, 6.45) is 0.0921. The number of hydrogen-bond acceptors (Lipinski definition) is 6. The van der Waals surface area contributed by atoms with Crippen LogP contribution in [0.4, 0.5) is 14.2 Å². The molecular weight excluding hydrogens is 399 g/mol. The van der Waals surface area contributed by atoms with Crippen molar-refractivity contribution in [1.82, 2.24) is 4.90 Å². The molecule has 0 saturated heterocycles. The zero-order valence-corrected chi connectivity index (χ0v) is 16.9. The van der Waals surface area contributed by atoms with Gasteiger partial charge in [-0.2, -0.15) is 0 Å². The second-order valence-electron chi connectivity index (χ2n) is 6.42. The van der Waals surface area contributed by atoms with Gasteiger partial charge in [0.25, 0.3) is 0 Å². The first kappa shape index (κ1) is 20.8. The number of esters is 1. The third-order valence-electron chi connectivity index (χ3n) is 4.50. The van der Waals surface area contributed by atoms with Crippen LogP contribution in [0.3, 0.4) is 0 Å². The highest BCUT2D eigenvalue weighted by molar-refractivity contribution is 7.17. The molecule has 3 rings (SSSR count). The smallest absolute Gasteiger partial charge is 0.410 e. The molecule has 2 aromatic rings. The SMILES string of the molecule is CCOC(=O)N1CCc2c(sc(NC(=O)Cc3ccc(F)cc3)c2C(=O)OC)C1. The van der Waals surface area contributed by atoms with E-state index < -0.39 is 12.1 Å². The summed E-state index contributed by atoms with van der Waals surface area (Å²) in [4.78, 5) is 39.2. The van der Waals surface area contributed by atoms with Crippen LogP contribution in [0.2, 0.25) is 0 Å². The average molecular weight is 420 g/mol. The van der Waals surface area contributed by atoms with Crippen molar-refractivity contribution in [1.29, 1.82) is 0 Å². The maximum Gasteiger partial charge on any atom is 0.410 e. The van der Waals surface area contributed by atoms with Gasteiger partial charge in [0.1, 0.15) is 10.8 Å². The summed E-state index contributed by atoms with van der Waals surface area (Å²) in [6, 6.07) is 5.65. The van der Waals surface area contributed by atoms with E-state index in [1.54, 1.807) is 11.8 Å². The Morgan fingerprint density at radius 1 is 1.24 bits per heavy atom. The first-order valence-electron chi connectivity index (χ1n) is 9.11. The number of hydrogen-bond donors (Lipinski definition) is 1. The number of carbonyl (C=O) groups excluding carboxylic acids is 3. The maximum absolute atomic E-state index is 13.0. The fourth-order valence-corrected chi connectivity index (χ4v) is 4.41.